The fourth-order valence-corrected chi connectivity index (χ4v) is 2.86. The first kappa shape index (κ1) is 14.6. The number of carbonyl (C=O) groups is 1. The molecule has 1 aromatic rings. The van der Waals surface area contributed by atoms with Gasteiger partial charge < -0.3 is 10.6 Å². The molecule has 1 fully saturated rings. The summed E-state index contributed by atoms with van der Waals surface area (Å²) in [7, 11) is 0. The van der Waals surface area contributed by atoms with Crippen LogP contribution in [0.2, 0.25) is 10.0 Å². The summed E-state index contributed by atoms with van der Waals surface area (Å²) >= 11 is 11.8. The second-order valence-electron chi connectivity index (χ2n) is 5.32. The van der Waals surface area contributed by atoms with Gasteiger partial charge >= 0.3 is 0 Å². The Morgan fingerprint density at radius 3 is 2.74 bits per heavy atom. The lowest BCUT2D eigenvalue weighted by Crippen LogP contribution is -2.49. The molecule has 1 amide bonds. The molecule has 1 aliphatic rings. The highest BCUT2D eigenvalue weighted by Gasteiger charge is 2.25. The lowest BCUT2D eigenvalue weighted by molar-refractivity contribution is -0.132. The molecule has 2 atom stereocenters. The highest BCUT2D eigenvalue weighted by Crippen LogP contribution is 2.23. The number of halogens is 2. The Labute approximate surface area is 123 Å². The number of nitrogens with two attached hydrogens (primary N) is 1. The van der Waals surface area contributed by atoms with Crippen molar-refractivity contribution in [2.75, 3.05) is 13.1 Å². The van der Waals surface area contributed by atoms with Crippen molar-refractivity contribution in [1.82, 2.24) is 4.90 Å². The smallest absolute Gasteiger partial charge is 0.227 e. The molecule has 2 rings (SSSR count). The van der Waals surface area contributed by atoms with E-state index >= 15 is 0 Å². The van der Waals surface area contributed by atoms with Gasteiger partial charge in [-0.2, -0.15) is 0 Å². The van der Waals surface area contributed by atoms with Crippen LogP contribution in [0, 0.1) is 5.92 Å². The molecule has 0 bridgehead atoms. The Hall–Kier alpha value is -0.770. The van der Waals surface area contributed by atoms with Crippen LogP contribution in [-0.4, -0.2) is 29.9 Å². The van der Waals surface area contributed by atoms with E-state index in [-0.39, 0.29) is 11.9 Å². The number of hydrogen-bond donors (Lipinski definition) is 1. The Morgan fingerprint density at radius 2 is 2.11 bits per heavy atom. The van der Waals surface area contributed by atoms with Crippen LogP contribution in [0.3, 0.4) is 0 Å². The standard InChI is InChI=1S/C14H18Cl2N2O/c1-9-4-11(17)8-18(7-9)14(19)6-10-2-3-12(15)13(16)5-10/h2-3,5,9,11H,4,6-8,17H2,1H3. The maximum absolute atomic E-state index is 12.2. The molecule has 5 heteroatoms. The van der Waals surface area contributed by atoms with Crippen molar-refractivity contribution in [3.05, 3.63) is 33.8 Å². The molecule has 0 saturated carbocycles. The molecule has 104 valence electrons. The third-order valence-corrected chi connectivity index (χ3v) is 4.12. The lowest BCUT2D eigenvalue weighted by atomic mass is 9.96. The van der Waals surface area contributed by atoms with Crippen LogP contribution in [0.4, 0.5) is 0 Å². The van der Waals surface area contributed by atoms with Crippen LogP contribution in [-0.2, 0) is 11.2 Å². The van der Waals surface area contributed by atoms with Gasteiger partial charge in [0.1, 0.15) is 0 Å². The van der Waals surface area contributed by atoms with E-state index in [2.05, 4.69) is 6.92 Å². The van der Waals surface area contributed by atoms with Crippen LogP contribution in [0.5, 0.6) is 0 Å². The molecular weight excluding hydrogens is 283 g/mol. The molecule has 2 unspecified atom stereocenters. The number of hydrogen-bond acceptors (Lipinski definition) is 2. The van der Waals surface area contributed by atoms with Crippen molar-refractivity contribution in [3.8, 4) is 0 Å². The summed E-state index contributed by atoms with van der Waals surface area (Å²) < 4.78 is 0. The molecule has 3 nitrogen and oxygen atoms in total. The second-order valence-corrected chi connectivity index (χ2v) is 6.14. The third-order valence-electron chi connectivity index (χ3n) is 3.38. The van der Waals surface area contributed by atoms with Crippen molar-refractivity contribution in [1.29, 1.82) is 0 Å². The lowest BCUT2D eigenvalue weighted by Gasteiger charge is -2.34. The molecule has 0 spiro atoms. The number of carbonyl (C=O) groups excluding carboxylic acids is 1. The zero-order chi connectivity index (χ0) is 14.0. The highest BCUT2D eigenvalue weighted by molar-refractivity contribution is 6.42. The molecule has 0 aromatic heterocycles. The summed E-state index contributed by atoms with van der Waals surface area (Å²) in [5.74, 6) is 0.557. The Morgan fingerprint density at radius 1 is 1.37 bits per heavy atom. The highest BCUT2D eigenvalue weighted by atomic mass is 35.5. The van der Waals surface area contributed by atoms with Crippen molar-refractivity contribution < 1.29 is 4.79 Å². The van der Waals surface area contributed by atoms with Gasteiger partial charge in [-0.05, 0) is 30.0 Å². The quantitative estimate of drug-likeness (QED) is 0.913. The first-order chi connectivity index (χ1) is 8.95. The third kappa shape index (κ3) is 3.85. The van der Waals surface area contributed by atoms with Gasteiger partial charge in [0.15, 0.2) is 0 Å². The van der Waals surface area contributed by atoms with Gasteiger partial charge in [0, 0.05) is 19.1 Å². The normalized spacial score (nSPS) is 23.5. The monoisotopic (exact) mass is 300 g/mol. The predicted molar refractivity (Wildman–Crippen MR) is 78.5 cm³/mol. The fourth-order valence-electron chi connectivity index (χ4n) is 2.54. The minimum Gasteiger partial charge on any atom is -0.341 e. The summed E-state index contributed by atoms with van der Waals surface area (Å²) in [5.41, 5.74) is 6.84. The van der Waals surface area contributed by atoms with E-state index in [1.165, 1.54) is 0 Å². The minimum absolute atomic E-state index is 0.0847. The summed E-state index contributed by atoms with van der Waals surface area (Å²) in [4.78, 5) is 14.1. The maximum atomic E-state index is 12.2. The first-order valence-corrected chi connectivity index (χ1v) is 7.18. The van der Waals surface area contributed by atoms with Gasteiger partial charge in [-0.1, -0.05) is 36.2 Å². The van der Waals surface area contributed by atoms with Gasteiger partial charge in [0.05, 0.1) is 16.5 Å². The molecule has 1 heterocycles. The Balaban J connectivity index is 2.02. The SMILES string of the molecule is CC1CC(N)CN(C(=O)Cc2ccc(Cl)c(Cl)c2)C1. The number of nitrogens with zero attached hydrogens (tertiary/aromatic N) is 1. The van der Waals surface area contributed by atoms with Crippen molar-refractivity contribution in [2.24, 2.45) is 11.7 Å². The van der Waals surface area contributed by atoms with E-state index in [1.807, 2.05) is 11.0 Å². The van der Waals surface area contributed by atoms with Crippen molar-refractivity contribution in [2.45, 2.75) is 25.8 Å². The number of likely N-dealkylation sites (tertiary alicyclic amines) is 1. The van der Waals surface area contributed by atoms with E-state index in [1.54, 1.807) is 12.1 Å². The second kappa shape index (κ2) is 6.12. The van der Waals surface area contributed by atoms with Crippen LogP contribution >= 0.6 is 23.2 Å². The number of piperidine rings is 1. The van der Waals surface area contributed by atoms with Crippen LogP contribution in [0.1, 0.15) is 18.9 Å². The number of amides is 1. The summed E-state index contributed by atoms with van der Waals surface area (Å²) in [5, 5.41) is 0.988. The van der Waals surface area contributed by atoms with E-state index in [9.17, 15) is 4.79 Å². The van der Waals surface area contributed by atoms with Gasteiger partial charge in [-0.25, -0.2) is 0 Å². The van der Waals surface area contributed by atoms with Gasteiger partial charge in [-0.15, -0.1) is 0 Å². The molecule has 1 saturated heterocycles. The minimum atomic E-state index is 0.0847. The van der Waals surface area contributed by atoms with Gasteiger partial charge in [0.25, 0.3) is 0 Å². The predicted octanol–water partition coefficient (Wildman–Crippen LogP) is 2.73. The molecule has 2 N–H and O–H groups in total. The number of rotatable bonds is 2. The molecule has 0 aliphatic carbocycles. The maximum Gasteiger partial charge on any atom is 0.227 e. The molecule has 1 aromatic carbocycles. The molecule has 19 heavy (non-hydrogen) atoms. The average Bonchev–Trinajstić information content (AvgIpc) is 2.32. The molecule has 0 radical (unpaired) electrons. The van der Waals surface area contributed by atoms with E-state index in [0.717, 1.165) is 18.5 Å². The van der Waals surface area contributed by atoms with Crippen molar-refractivity contribution >= 4 is 29.1 Å². The summed E-state index contributed by atoms with van der Waals surface area (Å²) in [6.07, 6.45) is 1.33. The zero-order valence-corrected chi connectivity index (χ0v) is 12.4. The molecule has 1 aliphatic heterocycles. The Bertz CT molecular complexity index is 469. The number of benzene rings is 1. The zero-order valence-electron chi connectivity index (χ0n) is 10.9. The largest absolute Gasteiger partial charge is 0.341 e. The summed E-state index contributed by atoms with van der Waals surface area (Å²) in [6, 6.07) is 5.38. The van der Waals surface area contributed by atoms with Gasteiger partial charge in [-0.3, -0.25) is 4.79 Å². The topological polar surface area (TPSA) is 46.3 Å². The first-order valence-electron chi connectivity index (χ1n) is 6.43. The van der Waals surface area contributed by atoms with Crippen LogP contribution in [0.25, 0.3) is 0 Å². The summed E-state index contributed by atoms with van der Waals surface area (Å²) in [6.45, 7) is 3.55. The van der Waals surface area contributed by atoms with E-state index in [4.69, 9.17) is 28.9 Å². The van der Waals surface area contributed by atoms with E-state index in [0.29, 0.717) is 28.9 Å². The average molecular weight is 301 g/mol. The molecular formula is C14H18Cl2N2O. The van der Waals surface area contributed by atoms with E-state index < -0.39 is 0 Å². The fraction of sp³-hybridized carbons (Fsp3) is 0.500. The van der Waals surface area contributed by atoms with Crippen LogP contribution in [0.15, 0.2) is 18.2 Å². The Kier molecular flexibility index (Phi) is 4.71. The van der Waals surface area contributed by atoms with Gasteiger partial charge in [0.2, 0.25) is 5.91 Å². The van der Waals surface area contributed by atoms with Crippen LogP contribution < -0.4 is 5.73 Å². The van der Waals surface area contributed by atoms with Crippen molar-refractivity contribution in [3.63, 3.8) is 0 Å².